The average molecular weight is 311 g/mol. The maximum atomic E-state index is 11.0. The third-order valence-electron chi connectivity index (χ3n) is 3.58. The molecule has 0 bridgehead atoms. The molecule has 1 aromatic rings. The molecule has 0 unspecified atom stereocenters. The molecule has 21 heavy (non-hydrogen) atoms. The molecule has 0 saturated carbocycles. The first-order chi connectivity index (χ1) is 10.2. The summed E-state index contributed by atoms with van der Waals surface area (Å²) in [4.78, 5) is 11.0. The van der Waals surface area contributed by atoms with Crippen molar-refractivity contribution in [2.75, 3.05) is 6.61 Å². The predicted molar refractivity (Wildman–Crippen MR) is 89.3 cm³/mol. The topological polar surface area (TPSA) is 26.3 Å². The monoisotopic (exact) mass is 310 g/mol. The van der Waals surface area contributed by atoms with Crippen LogP contribution in [0.15, 0.2) is 24.3 Å². The Morgan fingerprint density at radius 1 is 1.00 bits per heavy atom. The van der Waals surface area contributed by atoms with Gasteiger partial charge in [0.15, 0.2) is 0 Å². The molecule has 0 atom stereocenters. The van der Waals surface area contributed by atoms with Crippen LogP contribution in [0.5, 0.6) is 5.75 Å². The van der Waals surface area contributed by atoms with Gasteiger partial charge < -0.3 is 4.74 Å². The predicted octanol–water partition coefficient (Wildman–Crippen LogP) is 5.98. The lowest BCUT2D eigenvalue weighted by atomic mass is 10.1. The van der Waals surface area contributed by atoms with Crippen LogP contribution in [0.25, 0.3) is 0 Å². The number of hydrogen-bond acceptors (Lipinski definition) is 2. The summed E-state index contributed by atoms with van der Waals surface area (Å²) in [5, 5.41) is -0.441. The third-order valence-corrected chi connectivity index (χ3v) is 3.80. The van der Waals surface area contributed by atoms with E-state index >= 15 is 0 Å². The molecule has 0 saturated heterocycles. The molecule has 0 heterocycles. The van der Waals surface area contributed by atoms with Crippen LogP contribution in [-0.4, -0.2) is 11.8 Å². The molecule has 0 aliphatic heterocycles. The van der Waals surface area contributed by atoms with E-state index in [9.17, 15) is 4.79 Å². The van der Waals surface area contributed by atoms with E-state index in [0.717, 1.165) is 12.2 Å². The molecule has 0 aliphatic carbocycles. The van der Waals surface area contributed by atoms with Gasteiger partial charge in [0.2, 0.25) is 0 Å². The second kappa shape index (κ2) is 11.6. The van der Waals surface area contributed by atoms with Crippen molar-refractivity contribution < 1.29 is 9.53 Å². The number of hydrogen-bond donors (Lipinski definition) is 0. The van der Waals surface area contributed by atoms with Gasteiger partial charge in [-0.2, -0.15) is 0 Å². The summed E-state index contributed by atoms with van der Waals surface area (Å²) >= 11 is 5.44. The first kappa shape index (κ1) is 18.0. The minimum Gasteiger partial charge on any atom is -0.494 e. The van der Waals surface area contributed by atoms with Gasteiger partial charge in [0.25, 0.3) is 5.24 Å². The summed E-state index contributed by atoms with van der Waals surface area (Å²) in [6.07, 6.45) is 11.7. The van der Waals surface area contributed by atoms with Gasteiger partial charge in [-0.3, -0.25) is 4.79 Å². The van der Waals surface area contributed by atoms with Crippen LogP contribution >= 0.6 is 11.6 Å². The van der Waals surface area contributed by atoms with E-state index in [0.29, 0.717) is 12.2 Å². The standard InChI is InChI=1S/C18H27ClO2/c1-2-3-4-5-6-7-8-9-10-14-21-17-13-11-12-16(15-17)18(19)20/h11-13,15H,2-10,14H2,1H3. The molecule has 1 rings (SSSR count). The molecule has 0 N–H and O–H groups in total. The first-order valence-electron chi connectivity index (χ1n) is 8.16. The van der Waals surface area contributed by atoms with E-state index < -0.39 is 5.24 Å². The Kier molecular flexibility index (Phi) is 9.98. The van der Waals surface area contributed by atoms with Crippen molar-refractivity contribution in [3.8, 4) is 5.75 Å². The van der Waals surface area contributed by atoms with Gasteiger partial charge in [-0.25, -0.2) is 0 Å². The lowest BCUT2D eigenvalue weighted by Gasteiger charge is -2.07. The highest BCUT2D eigenvalue weighted by Crippen LogP contribution is 2.16. The van der Waals surface area contributed by atoms with Gasteiger partial charge in [-0.1, -0.05) is 64.4 Å². The van der Waals surface area contributed by atoms with Crippen molar-refractivity contribution >= 4 is 16.8 Å². The molecule has 0 aliphatic rings. The summed E-state index contributed by atoms with van der Waals surface area (Å²) in [5.41, 5.74) is 0.487. The summed E-state index contributed by atoms with van der Waals surface area (Å²) in [7, 11) is 0. The van der Waals surface area contributed by atoms with E-state index in [1.54, 1.807) is 18.2 Å². The minimum absolute atomic E-state index is 0.441. The number of unbranched alkanes of at least 4 members (excludes halogenated alkanes) is 8. The smallest absolute Gasteiger partial charge is 0.252 e. The Labute approximate surface area is 133 Å². The van der Waals surface area contributed by atoms with E-state index in [2.05, 4.69) is 6.92 Å². The SMILES string of the molecule is CCCCCCCCCCCOc1cccc(C(=O)Cl)c1. The number of carbonyl (C=O) groups is 1. The van der Waals surface area contributed by atoms with Crippen molar-refractivity contribution in [2.45, 2.75) is 64.7 Å². The zero-order valence-electron chi connectivity index (χ0n) is 13.1. The van der Waals surface area contributed by atoms with E-state index in [-0.39, 0.29) is 0 Å². The van der Waals surface area contributed by atoms with Gasteiger partial charge in [-0.15, -0.1) is 0 Å². The van der Waals surface area contributed by atoms with Crippen LogP contribution < -0.4 is 4.74 Å². The summed E-state index contributed by atoms with van der Waals surface area (Å²) in [6.45, 7) is 2.95. The molecule has 3 heteroatoms. The van der Waals surface area contributed by atoms with Crippen molar-refractivity contribution in [3.05, 3.63) is 29.8 Å². The Hall–Kier alpha value is -1.02. The maximum absolute atomic E-state index is 11.0. The van der Waals surface area contributed by atoms with Gasteiger partial charge >= 0.3 is 0 Å². The van der Waals surface area contributed by atoms with Crippen LogP contribution in [0.1, 0.15) is 75.1 Å². The Balaban J connectivity index is 2.01. The second-order valence-corrected chi connectivity index (χ2v) is 5.82. The minimum atomic E-state index is -0.441. The van der Waals surface area contributed by atoms with E-state index in [1.165, 1.54) is 51.4 Å². The van der Waals surface area contributed by atoms with Crippen LogP contribution in [0.3, 0.4) is 0 Å². The summed E-state index contributed by atoms with van der Waals surface area (Å²) < 4.78 is 5.65. The van der Waals surface area contributed by atoms with Crippen molar-refractivity contribution in [1.82, 2.24) is 0 Å². The molecule has 0 amide bonds. The number of ether oxygens (including phenoxy) is 1. The van der Waals surface area contributed by atoms with Gasteiger partial charge in [-0.05, 0) is 36.2 Å². The fourth-order valence-corrected chi connectivity index (χ4v) is 2.43. The normalized spacial score (nSPS) is 10.6. The largest absolute Gasteiger partial charge is 0.494 e. The Morgan fingerprint density at radius 2 is 1.62 bits per heavy atom. The number of halogens is 1. The maximum Gasteiger partial charge on any atom is 0.252 e. The van der Waals surface area contributed by atoms with Gasteiger partial charge in [0.05, 0.1) is 6.61 Å². The van der Waals surface area contributed by atoms with Crippen molar-refractivity contribution in [1.29, 1.82) is 0 Å². The average Bonchev–Trinajstić information content (AvgIpc) is 2.49. The highest BCUT2D eigenvalue weighted by atomic mass is 35.5. The lowest BCUT2D eigenvalue weighted by molar-refractivity contribution is 0.108. The highest BCUT2D eigenvalue weighted by Gasteiger charge is 2.02. The van der Waals surface area contributed by atoms with E-state index in [4.69, 9.17) is 16.3 Å². The first-order valence-corrected chi connectivity index (χ1v) is 8.54. The van der Waals surface area contributed by atoms with E-state index in [1.807, 2.05) is 6.07 Å². The lowest BCUT2D eigenvalue weighted by Crippen LogP contribution is -1.98. The van der Waals surface area contributed by atoms with Crippen LogP contribution in [0, 0.1) is 0 Å². The van der Waals surface area contributed by atoms with Crippen LogP contribution in [-0.2, 0) is 0 Å². The van der Waals surface area contributed by atoms with Gasteiger partial charge in [0.1, 0.15) is 5.75 Å². The molecule has 0 fully saturated rings. The van der Waals surface area contributed by atoms with Crippen molar-refractivity contribution in [3.63, 3.8) is 0 Å². The molecular formula is C18H27ClO2. The number of rotatable bonds is 12. The molecule has 0 aromatic heterocycles. The molecule has 2 nitrogen and oxygen atoms in total. The molecule has 0 spiro atoms. The molecule has 0 radical (unpaired) electrons. The van der Waals surface area contributed by atoms with Crippen LogP contribution in [0.4, 0.5) is 0 Å². The summed E-state index contributed by atoms with van der Waals surface area (Å²) in [5.74, 6) is 0.723. The molecular weight excluding hydrogens is 284 g/mol. The van der Waals surface area contributed by atoms with Gasteiger partial charge in [0, 0.05) is 5.56 Å². The quantitative estimate of drug-likeness (QED) is 0.351. The second-order valence-electron chi connectivity index (χ2n) is 5.48. The fraction of sp³-hybridized carbons (Fsp3) is 0.611. The Bertz CT molecular complexity index is 404. The summed E-state index contributed by atoms with van der Waals surface area (Å²) in [6, 6.07) is 7.04. The number of carbonyl (C=O) groups excluding carboxylic acids is 1. The number of benzene rings is 1. The zero-order valence-corrected chi connectivity index (χ0v) is 13.8. The zero-order chi connectivity index (χ0) is 15.3. The Morgan fingerprint density at radius 3 is 2.24 bits per heavy atom. The molecule has 118 valence electrons. The highest BCUT2D eigenvalue weighted by molar-refractivity contribution is 6.67. The van der Waals surface area contributed by atoms with Crippen molar-refractivity contribution in [2.24, 2.45) is 0 Å². The third kappa shape index (κ3) is 8.77. The molecule has 1 aromatic carbocycles. The van der Waals surface area contributed by atoms with Crippen LogP contribution in [0.2, 0.25) is 0 Å². The fourth-order valence-electron chi connectivity index (χ4n) is 2.31.